The van der Waals surface area contributed by atoms with Crippen LogP contribution in [0.1, 0.15) is 42.9 Å². The van der Waals surface area contributed by atoms with Gasteiger partial charge in [-0.05, 0) is 50.9 Å². The third-order valence-corrected chi connectivity index (χ3v) is 6.69. The number of rotatable bonds is 3. The van der Waals surface area contributed by atoms with Crippen LogP contribution in [0.5, 0.6) is 0 Å². The summed E-state index contributed by atoms with van der Waals surface area (Å²) in [7, 11) is 4.02. The van der Waals surface area contributed by atoms with Gasteiger partial charge in [-0.2, -0.15) is 10.2 Å². The van der Waals surface area contributed by atoms with Crippen LogP contribution in [0.2, 0.25) is 0 Å². The Morgan fingerprint density at radius 2 is 2.07 bits per heavy atom. The molecule has 1 fully saturated rings. The number of hydrogen-bond donors (Lipinski definition) is 1. The van der Waals surface area contributed by atoms with Gasteiger partial charge < -0.3 is 5.32 Å². The van der Waals surface area contributed by atoms with Gasteiger partial charge in [-0.25, -0.2) is 9.50 Å². The molecule has 1 N–H and O–H groups in total. The van der Waals surface area contributed by atoms with Crippen molar-refractivity contribution >= 4 is 27.2 Å². The number of nitrogens with zero attached hydrogens (tertiary/aromatic N) is 5. The molecule has 0 unspecified atom stereocenters. The van der Waals surface area contributed by atoms with Crippen molar-refractivity contribution < 1.29 is 0 Å². The molecule has 0 radical (unpaired) electrons. The van der Waals surface area contributed by atoms with Crippen molar-refractivity contribution in [1.82, 2.24) is 29.7 Å². The molecule has 0 saturated heterocycles. The fourth-order valence-corrected chi connectivity index (χ4v) is 5.18. The number of hydrogen-bond acceptors (Lipinski definition) is 5. The van der Waals surface area contributed by atoms with E-state index >= 15 is 0 Å². The minimum atomic E-state index is 0.544. The molecule has 2 atom stereocenters. The van der Waals surface area contributed by atoms with E-state index in [2.05, 4.69) is 48.9 Å². The summed E-state index contributed by atoms with van der Waals surface area (Å²) < 4.78 is 3.83. The summed E-state index contributed by atoms with van der Waals surface area (Å²) >= 11 is 1.66. The average Bonchev–Trinajstić information content (AvgIpc) is 3.33. The summed E-state index contributed by atoms with van der Waals surface area (Å²) in [6.07, 6.45) is 9.13. The third-order valence-electron chi connectivity index (χ3n) is 5.72. The molecule has 0 aliphatic heterocycles. The summed E-state index contributed by atoms with van der Waals surface area (Å²) in [6.45, 7) is 2.11. The summed E-state index contributed by atoms with van der Waals surface area (Å²) in [5, 5.41) is 14.9. The van der Waals surface area contributed by atoms with Crippen molar-refractivity contribution in [2.45, 2.75) is 44.6 Å². The zero-order valence-electron chi connectivity index (χ0n) is 15.9. The second-order valence-corrected chi connectivity index (χ2v) is 8.64. The smallest absolute Gasteiger partial charge is 0.212 e. The maximum Gasteiger partial charge on any atom is 0.212 e. The molecule has 3 aromatic heterocycles. The monoisotopic (exact) mass is 380 g/mol. The second kappa shape index (κ2) is 6.42. The maximum atomic E-state index is 4.91. The second-order valence-electron chi connectivity index (χ2n) is 7.68. The minimum absolute atomic E-state index is 0.544. The lowest BCUT2D eigenvalue weighted by Crippen LogP contribution is -2.30. The first kappa shape index (κ1) is 16.9. The average molecular weight is 381 g/mol. The molecule has 1 aliphatic carbocycles. The van der Waals surface area contributed by atoms with E-state index < -0.39 is 0 Å². The summed E-state index contributed by atoms with van der Waals surface area (Å²) in [5.41, 5.74) is 4.57. The molecule has 6 nitrogen and oxygen atoms in total. The van der Waals surface area contributed by atoms with Gasteiger partial charge in [-0.1, -0.05) is 17.8 Å². The SMILES string of the molecule is CN[C@H]1CCC[C@H](c2cn3nc(-c4cc(C)c5nn(C)cc5c4)sc3n2)C1. The van der Waals surface area contributed by atoms with Gasteiger partial charge in [0.05, 0.1) is 17.4 Å². The number of fused-ring (bicyclic) bond motifs is 2. The Bertz CT molecular complexity index is 1090. The standard InChI is InChI=1S/C20H24N6S/c1-12-7-14(8-15-10-25(3)23-18(12)15)19-24-26-11-17(22-20(26)27-19)13-5-4-6-16(9-13)21-2/h7-8,10-11,13,16,21H,4-6,9H2,1-3H3/t13-,16-/m0/s1. The highest BCUT2D eigenvalue weighted by molar-refractivity contribution is 7.19. The van der Waals surface area contributed by atoms with Crippen molar-refractivity contribution in [3.05, 3.63) is 35.8 Å². The third kappa shape index (κ3) is 2.95. The summed E-state index contributed by atoms with van der Waals surface area (Å²) in [6, 6.07) is 4.96. The first-order valence-electron chi connectivity index (χ1n) is 9.58. The topological polar surface area (TPSA) is 60.0 Å². The van der Waals surface area contributed by atoms with Gasteiger partial charge in [-0.15, -0.1) is 0 Å². The van der Waals surface area contributed by atoms with E-state index in [0.717, 1.165) is 26.4 Å². The molecule has 5 rings (SSSR count). The first-order valence-corrected chi connectivity index (χ1v) is 10.4. The van der Waals surface area contributed by atoms with Gasteiger partial charge in [0.2, 0.25) is 4.96 Å². The van der Waals surface area contributed by atoms with Crippen LogP contribution in [-0.4, -0.2) is 37.5 Å². The van der Waals surface area contributed by atoms with Crippen LogP contribution in [0.25, 0.3) is 26.4 Å². The fraction of sp³-hybridized carbons (Fsp3) is 0.450. The van der Waals surface area contributed by atoms with Crippen LogP contribution < -0.4 is 5.32 Å². The molecule has 0 amide bonds. The van der Waals surface area contributed by atoms with Gasteiger partial charge in [0.25, 0.3) is 0 Å². The van der Waals surface area contributed by atoms with Crippen LogP contribution in [0, 0.1) is 6.92 Å². The maximum absolute atomic E-state index is 4.91. The zero-order valence-corrected chi connectivity index (χ0v) is 16.8. The highest BCUT2D eigenvalue weighted by Crippen LogP contribution is 2.35. The van der Waals surface area contributed by atoms with Gasteiger partial charge in [0, 0.05) is 36.2 Å². The molecule has 3 heterocycles. The lowest BCUT2D eigenvalue weighted by molar-refractivity contribution is 0.352. The summed E-state index contributed by atoms with van der Waals surface area (Å²) in [4.78, 5) is 5.90. The van der Waals surface area contributed by atoms with Crippen LogP contribution in [0.4, 0.5) is 0 Å². The zero-order chi connectivity index (χ0) is 18.5. The minimum Gasteiger partial charge on any atom is -0.317 e. The predicted molar refractivity (Wildman–Crippen MR) is 109 cm³/mol. The van der Waals surface area contributed by atoms with E-state index in [0.29, 0.717) is 12.0 Å². The van der Waals surface area contributed by atoms with E-state index in [1.165, 1.54) is 36.9 Å². The molecule has 1 aromatic carbocycles. The highest BCUT2D eigenvalue weighted by atomic mass is 32.1. The van der Waals surface area contributed by atoms with Crippen molar-refractivity contribution in [2.75, 3.05) is 7.05 Å². The van der Waals surface area contributed by atoms with E-state index in [1.54, 1.807) is 11.3 Å². The Kier molecular flexibility index (Phi) is 4.02. The predicted octanol–water partition coefficient (Wildman–Crippen LogP) is 3.90. The van der Waals surface area contributed by atoms with E-state index in [-0.39, 0.29) is 0 Å². The number of nitrogens with one attached hydrogen (secondary N) is 1. The molecule has 1 aliphatic rings. The Balaban J connectivity index is 1.48. The van der Waals surface area contributed by atoms with Crippen LogP contribution in [0.15, 0.2) is 24.5 Å². The quantitative estimate of drug-likeness (QED) is 0.586. The van der Waals surface area contributed by atoms with Crippen molar-refractivity contribution in [3.63, 3.8) is 0 Å². The number of aryl methyl sites for hydroxylation is 2. The van der Waals surface area contributed by atoms with Gasteiger partial charge in [0.15, 0.2) is 0 Å². The van der Waals surface area contributed by atoms with E-state index in [9.17, 15) is 0 Å². The molecule has 0 bridgehead atoms. The van der Waals surface area contributed by atoms with Crippen molar-refractivity contribution in [2.24, 2.45) is 7.05 Å². The van der Waals surface area contributed by atoms with Crippen LogP contribution in [-0.2, 0) is 7.05 Å². The molecule has 0 spiro atoms. The van der Waals surface area contributed by atoms with Crippen LogP contribution in [0.3, 0.4) is 0 Å². The number of aromatic nitrogens is 5. The molecule has 7 heteroatoms. The number of imidazole rings is 1. The lowest BCUT2D eigenvalue weighted by Gasteiger charge is -2.27. The van der Waals surface area contributed by atoms with Gasteiger partial charge in [-0.3, -0.25) is 4.68 Å². The summed E-state index contributed by atoms with van der Waals surface area (Å²) in [5.74, 6) is 0.544. The molecule has 140 valence electrons. The Hall–Kier alpha value is -2.25. The molecule has 4 aromatic rings. The largest absolute Gasteiger partial charge is 0.317 e. The lowest BCUT2D eigenvalue weighted by atomic mass is 9.84. The Labute approximate surface area is 162 Å². The first-order chi connectivity index (χ1) is 13.1. The van der Waals surface area contributed by atoms with E-state index in [1.807, 2.05) is 16.2 Å². The Morgan fingerprint density at radius 1 is 1.19 bits per heavy atom. The fourth-order valence-electron chi connectivity index (χ4n) is 4.30. The normalized spacial score (nSPS) is 20.7. The number of benzene rings is 1. The Morgan fingerprint density at radius 3 is 2.89 bits per heavy atom. The van der Waals surface area contributed by atoms with Crippen molar-refractivity contribution in [3.8, 4) is 10.6 Å². The molecule has 27 heavy (non-hydrogen) atoms. The highest BCUT2D eigenvalue weighted by Gasteiger charge is 2.25. The molecular formula is C20H24N6S. The van der Waals surface area contributed by atoms with Gasteiger partial charge in [0.1, 0.15) is 5.01 Å². The molecule has 1 saturated carbocycles. The van der Waals surface area contributed by atoms with Crippen molar-refractivity contribution in [1.29, 1.82) is 0 Å². The van der Waals surface area contributed by atoms with E-state index in [4.69, 9.17) is 10.1 Å². The van der Waals surface area contributed by atoms with Gasteiger partial charge >= 0.3 is 0 Å². The van der Waals surface area contributed by atoms with Crippen LogP contribution >= 0.6 is 11.3 Å². The molecular weight excluding hydrogens is 356 g/mol.